The largest absolute Gasteiger partial charge is 0.354 e. The van der Waals surface area contributed by atoms with E-state index in [1.807, 2.05) is 0 Å². The van der Waals surface area contributed by atoms with Gasteiger partial charge in [-0.05, 0) is 25.0 Å². The molecule has 6 nitrogen and oxygen atoms in total. The second-order valence-electron chi connectivity index (χ2n) is 5.68. The number of halogens is 2. The van der Waals surface area contributed by atoms with Crippen molar-refractivity contribution in [2.24, 2.45) is 5.73 Å². The van der Waals surface area contributed by atoms with Crippen LogP contribution in [0.2, 0.25) is 0 Å². The predicted octanol–water partition coefficient (Wildman–Crippen LogP) is 0.973. The van der Waals surface area contributed by atoms with Crippen LogP contribution in [-0.2, 0) is 14.8 Å². The Hall–Kier alpha value is -1.58. The minimum absolute atomic E-state index is 0.140. The zero-order chi connectivity index (χ0) is 17.7. The van der Waals surface area contributed by atoms with Crippen LogP contribution in [0.1, 0.15) is 25.7 Å². The monoisotopic (exact) mass is 361 g/mol. The average Bonchev–Trinajstić information content (AvgIpc) is 2.53. The number of hydrogen-bond acceptors (Lipinski definition) is 4. The fourth-order valence-electron chi connectivity index (χ4n) is 2.76. The summed E-state index contributed by atoms with van der Waals surface area (Å²) >= 11 is 0. The van der Waals surface area contributed by atoms with Crippen molar-refractivity contribution in [3.05, 3.63) is 29.8 Å². The molecule has 2 rings (SSSR count). The molecular formula is C15H21F2N3O3S. The molecule has 1 saturated heterocycles. The predicted molar refractivity (Wildman–Crippen MR) is 84.6 cm³/mol. The molecule has 0 saturated carbocycles. The molecular weight excluding hydrogens is 340 g/mol. The van der Waals surface area contributed by atoms with Gasteiger partial charge in [0.15, 0.2) is 0 Å². The highest BCUT2D eigenvalue weighted by Gasteiger charge is 2.35. The number of nitrogens with zero attached hydrogens (tertiary/aromatic N) is 1. The summed E-state index contributed by atoms with van der Waals surface area (Å²) in [5.74, 6) is -2.21. The van der Waals surface area contributed by atoms with Gasteiger partial charge in [-0.25, -0.2) is 17.2 Å². The quantitative estimate of drug-likeness (QED) is 0.790. The van der Waals surface area contributed by atoms with Crippen molar-refractivity contribution < 1.29 is 22.0 Å². The number of benzene rings is 1. The Morgan fingerprint density at radius 1 is 1.33 bits per heavy atom. The third-order valence-corrected chi connectivity index (χ3v) is 5.95. The molecule has 1 atom stereocenters. The molecule has 0 radical (unpaired) electrons. The molecule has 134 valence electrons. The summed E-state index contributed by atoms with van der Waals surface area (Å²) in [4.78, 5) is 11.0. The zero-order valence-electron chi connectivity index (χ0n) is 13.2. The van der Waals surface area contributed by atoms with Crippen molar-refractivity contribution in [3.63, 3.8) is 0 Å². The van der Waals surface area contributed by atoms with E-state index in [2.05, 4.69) is 5.32 Å². The Kier molecular flexibility index (Phi) is 6.25. The lowest BCUT2D eigenvalue weighted by atomic mass is 10.1. The van der Waals surface area contributed by atoms with Crippen LogP contribution >= 0.6 is 0 Å². The van der Waals surface area contributed by atoms with E-state index >= 15 is 0 Å². The van der Waals surface area contributed by atoms with Gasteiger partial charge in [0.05, 0.1) is 0 Å². The first-order chi connectivity index (χ1) is 11.4. The number of carbonyl (C=O) groups is 1. The fraction of sp³-hybridized carbons (Fsp3) is 0.533. The second kappa shape index (κ2) is 8.00. The van der Waals surface area contributed by atoms with Gasteiger partial charge in [-0.15, -0.1) is 0 Å². The summed E-state index contributed by atoms with van der Waals surface area (Å²) in [5.41, 5.74) is 5.30. The van der Waals surface area contributed by atoms with Crippen molar-refractivity contribution in [1.29, 1.82) is 0 Å². The summed E-state index contributed by atoms with van der Waals surface area (Å²) in [6.07, 6.45) is 2.18. The zero-order valence-corrected chi connectivity index (χ0v) is 14.0. The van der Waals surface area contributed by atoms with Crippen molar-refractivity contribution in [3.8, 4) is 0 Å². The van der Waals surface area contributed by atoms with Crippen molar-refractivity contribution >= 4 is 15.9 Å². The standard InChI is InChI=1S/C15H21F2N3O3S/c16-11-4-5-14(13(17)9-11)24(22,23)20-8-2-1-3-12(20)10-19-15(21)6-7-18/h4-5,9,12H,1-3,6-8,10,18H2,(H,19,21). The van der Waals surface area contributed by atoms with Gasteiger partial charge in [0.2, 0.25) is 15.9 Å². The number of piperidine rings is 1. The molecule has 1 aliphatic heterocycles. The normalized spacial score (nSPS) is 19.2. The highest BCUT2D eigenvalue weighted by Crippen LogP contribution is 2.27. The summed E-state index contributed by atoms with van der Waals surface area (Å²) in [6.45, 7) is 0.580. The summed E-state index contributed by atoms with van der Waals surface area (Å²) in [7, 11) is -4.10. The topological polar surface area (TPSA) is 92.5 Å². The number of nitrogens with two attached hydrogens (primary N) is 1. The van der Waals surface area contributed by atoms with Crippen molar-refractivity contribution in [2.75, 3.05) is 19.6 Å². The van der Waals surface area contributed by atoms with Gasteiger partial charge in [0.25, 0.3) is 0 Å². The van der Waals surface area contributed by atoms with Crippen LogP contribution in [0.3, 0.4) is 0 Å². The van der Waals surface area contributed by atoms with E-state index in [9.17, 15) is 22.0 Å². The Balaban J connectivity index is 2.20. The van der Waals surface area contributed by atoms with Gasteiger partial charge in [-0.1, -0.05) is 6.42 Å². The molecule has 1 unspecified atom stereocenters. The third-order valence-electron chi connectivity index (χ3n) is 3.96. The Morgan fingerprint density at radius 3 is 2.75 bits per heavy atom. The highest BCUT2D eigenvalue weighted by molar-refractivity contribution is 7.89. The molecule has 1 fully saturated rings. The van der Waals surface area contributed by atoms with Crippen LogP contribution in [0, 0.1) is 11.6 Å². The lowest BCUT2D eigenvalue weighted by Crippen LogP contribution is -2.49. The number of hydrogen-bond donors (Lipinski definition) is 2. The van der Waals surface area contributed by atoms with Crippen LogP contribution in [0.15, 0.2) is 23.1 Å². The van der Waals surface area contributed by atoms with Gasteiger partial charge in [0.1, 0.15) is 16.5 Å². The first-order valence-corrected chi connectivity index (χ1v) is 9.24. The van der Waals surface area contributed by atoms with Crippen molar-refractivity contribution in [1.82, 2.24) is 9.62 Å². The number of carbonyl (C=O) groups excluding carboxylic acids is 1. The lowest BCUT2D eigenvalue weighted by Gasteiger charge is -2.34. The van der Waals surface area contributed by atoms with Gasteiger partial charge in [0, 0.05) is 38.2 Å². The molecule has 1 heterocycles. The van der Waals surface area contributed by atoms with E-state index in [4.69, 9.17) is 5.73 Å². The Morgan fingerprint density at radius 2 is 2.08 bits per heavy atom. The van der Waals surface area contributed by atoms with Crippen LogP contribution in [0.5, 0.6) is 0 Å². The molecule has 3 N–H and O–H groups in total. The second-order valence-corrected chi connectivity index (χ2v) is 7.54. The van der Waals surface area contributed by atoms with E-state index in [1.165, 1.54) is 4.31 Å². The first kappa shape index (κ1) is 18.8. The molecule has 1 amide bonds. The van der Waals surface area contributed by atoms with E-state index in [-0.39, 0.29) is 32.0 Å². The number of sulfonamides is 1. The molecule has 9 heteroatoms. The maximum absolute atomic E-state index is 13.9. The average molecular weight is 361 g/mol. The summed E-state index contributed by atoms with van der Waals surface area (Å²) in [6, 6.07) is 1.93. The molecule has 0 aliphatic carbocycles. The number of rotatable bonds is 6. The molecule has 1 aromatic carbocycles. The van der Waals surface area contributed by atoms with Crippen LogP contribution in [0.4, 0.5) is 8.78 Å². The minimum atomic E-state index is -4.10. The summed E-state index contributed by atoms with van der Waals surface area (Å²) < 4.78 is 53.6. The van der Waals surface area contributed by atoms with Crippen molar-refractivity contribution in [2.45, 2.75) is 36.6 Å². The summed E-state index contributed by atoms with van der Waals surface area (Å²) in [5, 5.41) is 2.65. The van der Waals surface area contributed by atoms with Gasteiger partial charge >= 0.3 is 0 Å². The molecule has 1 aliphatic rings. The van der Waals surface area contributed by atoms with E-state index in [0.717, 1.165) is 18.6 Å². The fourth-order valence-corrected chi connectivity index (χ4v) is 4.50. The van der Waals surface area contributed by atoms with Gasteiger partial charge in [-0.2, -0.15) is 4.31 Å². The molecule has 1 aromatic rings. The minimum Gasteiger partial charge on any atom is -0.354 e. The molecule has 24 heavy (non-hydrogen) atoms. The Labute approximate surface area is 140 Å². The smallest absolute Gasteiger partial charge is 0.246 e. The van der Waals surface area contributed by atoms with E-state index < -0.39 is 32.6 Å². The maximum Gasteiger partial charge on any atom is 0.246 e. The van der Waals surface area contributed by atoms with Gasteiger partial charge < -0.3 is 11.1 Å². The van der Waals surface area contributed by atoms with Crippen LogP contribution < -0.4 is 11.1 Å². The number of nitrogens with one attached hydrogen (secondary N) is 1. The van der Waals surface area contributed by atoms with E-state index in [1.54, 1.807) is 0 Å². The maximum atomic E-state index is 13.9. The first-order valence-electron chi connectivity index (χ1n) is 7.80. The van der Waals surface area contributed by atoms with Gasteiger partial charge in [-0.3, -0.25) is 4.79 Å². The Bertz CT molecular complexity index is 697. The third kappa shape index (κ3) is 4.28. The van der Waals surface area contributed by atoms with Crippen LogP contribution in [-0.4, -0.2) is 44.3 Å². The SMILES string of the molecule is NCCC(=O)NCC1CCCCN1S(=O)(=O)c1ccc(F)cc1F. The number of amides is 1. The molecule has 0 spiro atoms. The molecule has 0 bridgehead atoms. The molecule has 0 aromatic heterocycles. The van der Waals surface area contributed by atoms with E-state index in [0.29, 0.717) is 18.9 Å². The lowest BCUT2D eigenvalue weighted by molar-refractivity contribution is -0.121. The van der Waals surface area contributed by atoms with Crippen LogP contribution in [0.25, 0.3) is 0 Å². The highest BCUT2D eigenvalue weighted by atomic mass is 32.2.